The van der Waals surface area contributed by atoms with Gasteiger partial charge in [0.25, 0.3) is 0 Å². The number of nitrogens with zero attached hydrogens (tertiary/aromatic N) is 1. The quantitative estimate of drug-likeness (QED) is 0.0271. The van der Waals surface area contributed by atoms with Gasteiger partial charge in [-0.15, -0.1) is 0 Å². The van der Waals surface area contributed by atoms with Crippen molar-refractivity contribution in [1.29, 1.82) is 0 Å². The van der Waals surface area contributed by atoms with Crippen molar-refractivity contribution in [1.82, 2.24) is 0 Å². The van der Waals surface area contributed by atoms with E-state index in [-0.39, 0.29) is 22.8 Å². The molecule has 0 bridgehead atoms. The summed E-state index contributed by atoms with van der Waals surface area (Å²) in [6, 6.07) is 0. The van der Waals surface area contributed by atoms with E-state index in [1.54, 1.807) is 0 Å². The topological polar surface area (TPSA) is 18.5 Å². The highest BCUT2D eigenvalue weighted by atomic mass is 79.9. The fourth-order valence-corrected chi connectivity index (χ4v) is 7.43. The van der Waals surface area contributed by atoms with Gasteiger partial charge in [0.1, 0.15) is 0 Å². The molecule has 1 rings (SSSR count). The third-order valence-electron chi connectivity index (χ3n) is 11.2. The Morgan fingerprint density at radius 3 is 1.06 bits per heavy atom. The van der Waals surface area contributed by atoms with Crippen molar-refractivity contribution in [2.75, 3.05) is 39.9 Å². The number of hydrogen-bond donors (Lipinski definition) is 0. The smallest absolute Gasteiger partial charge is 0.178 e. The number of quaternary nitrogens is 1. The third kappa shape index (κ3) is 30.3. The summed E-state index contributed by atoms with van der Waals surface area (Å²) >= 11 is 0. The summed E-state index contributed by atoms with van der Waals surface area (Å²) in [6.45, 7) is 12.3. The number of halogens is 1. The molecule has 1 aliphatic heterocycles. The van der Waals surface area contributed by atoms with Crippen LogP contribution in [-0.2, 0) is 9.47 Å². The summed E-state index contributed by atoms with van der Waals surface area (Å²) in [5.74, 6) is -0.326. The zero-order chi connectivity index (χ0) is 35.4. The minimum absolute atomic E-state index is 0. The van der Waals surface area contributed by atoms with E-state index in [1.165, 1.54) is 217 Å². The molecule has 0 unspecified atom stereocenters. The first-order valence-corrected chi connectivity index (χ1v) is 22.5. The maximum atomic E-state index is 6.67. The summed E-state index contributed by atoms with van der Waals surface area (Å²) in [4.78, 5) is 0. The van der Waals surface area contributed by atoms with Crippen molar-refractivity contribution >= 4 is 0 Å². The van der Waals surface area contributed by atoms with Crippen LogP contribution < -0.4 is 17.0 Å². The van der Waals surface area contributed by atoms with Crippen molar-refractivity contribution in [2.24, 2.45) is 0 Å². The molecule has 0 saturated carbocycles. The number of likely N-dealkylation sites (tertiary alicyclic amines) is 1. The SMILES string of the molecule is CCCCCCCC/C=C\CCCCCCCCOC1(OCCCCCCCC/C=C\CCCCCCCC)CC[N+](C)(CCCC)CC1.[Br-]. The monoisotopic (exact) mass is 768 g/mol. The Hall–Kier alpha value is -0.160. The Morgan fingerprint density at radius 2 is 0.720 bits per heavy atom. The van der Waals surface area contributed by atoms with Crippen LogP contribution in [0.3, 0.4) is 0 Å². The molecular formula is C46H90BrNO2. The van der Waals surface area contributed by atoms with E-state index in [0.29, 0.717) is 0 Å². The second-order valence-electron chi connectivity index (χ2n) is 16.1. The van der Waals surface area contributed by atoms with Crippen molar-refractivity contribution in [3.63, 3.8) is 0 Å². The molecule has 298 valence electrons. The number of piperidine rings is 1. The number of ether oxygens (including phenoxy) is 2. The van der Waals surface area contributed by atoms with E-state index in [4.69, 9.17) is 9.47 Å². The average molecular weight is 769 g/mol. The van der Waals surface area contributed by atoms with E-state index < -0.39 is 0 Å². The average Bonchev–Trinajstić information content (AvgIpc) is 3.11. The second kappa shape index (κ2) is 37.2. The zero-order valence-corrected chi connectivity index (χ0v) is 36.2. The van der Waals surface area contributed by atoms with Gasteiger partial charge in [-0.3, -0.25) is 0 Å². The summed E-state index contributed by atoms with van der Waals surface area (Å²) in [5.41, 5.74) is 0. The van der Waals surface area contributed by atoms with E-state index in [9.17, 15) is 0 Å². The molecule has 1 heterocycles. The van der Waals surface area contributed by atoms with E-state index in [2.05, 4.69) is 52.1 Å². The molecule has 0 aromatic rings. The summed E-state index contributed by atoms with van der Waals surface area (Å²) in [6.07, 6.45) is 52.2. The lowest BCUT2D eigenvalue weighted by molar-refractivity contribution is -0.918. The van der Waals surface area contributed by atoms with Crippen LogP contribution in [0.1, 0.15) is 226 Å². The first kappa shape index (κ1) is 49.8. The predicted molar refractivity (Wildman–Crippen MR) is 218 cm³/mol. The fourth-order valence-electron chi connectivity index (χ4n) is 7.43. The summed E-state index contributed by atoms with van der Waals surface area (Å²) in [7, 11) is 2.45. The molecule has 0 atom stereocenters. The van der Waals surface area contributed by atoms with Crippen LogP contribution in [0.25, 0.3) is 0 Å². The molecule has 50 heavy (non-hydrogen) atoms. The molecule has 0 aromatic heterocycles. The van der Waals surface area contributed by atoms with Crippen molar-refractivity contribution in [2.45, 2.75) is 232 Å². The van der Waals surface area contributed by atoms with Crippen LogP contribution in [0, 0.1) is 0 Å². The zero-order valence-electron chi connectivity index (χ0n) is 34.6. The summed E-state index contributed by atoms with van der Waals surface area (Å²) in [5, 5.41) is 0. The number of unbranched alkanes of at least 4 members (excludes halogenated alkanes) is 25. The summed E-state index contributed by atoms with van der Waals surface area (Å²) < 4.78 is 14.5. The predicted octanol–water partition coefficient (Wildman–Crippen LogP) is 11.8. The van der Waals surface area contributed by atoms with Gasteiger partial charge in [-0.05, 0) is 70.6 Å². The van der Waals surface area contributed by atoms with Crippen LogP contribution in [0.2, 0.25) is 0 Å². The molecule has 1 aliphatic rings. The molecular weight excluding hydrogens is 678 g/mol. The van der Waals surface area contributed by atoms with Gasteiger partial charge in [0, 0.05) is 0 Å². The Morgan fingerprint density at radius 1 is 0.420 bits per heavy atom. The first-order chi connectivity index (χ1) is 24.1. The molecule has 4 heteroatoms. The van der Waals surface area contributed by atoms with Crippen molar-refractivity contribution in [3.05, 3.63) is 24.3 Å². The molecule has 0 aliphatic carbocycles. The largest absolute Gasteiger partial charge is 1.00 e. The van der Waals surface area contributed by atoms with Gasteiger partial charge in [-0.25, -0.2) is 0 Å². The molecule has 0 aromatic carbocycles. The number of hydrogen-bond acceptors (Lipinski definition) is 2. The lowest BCUT2D eigenvalue weighted by atomic mass is 10.00. The molecule has 1 fully saturated rings. The number of allylic oxidation sites excluding steroid dienone is 4. The lowest BCUT2D eigenvalue weighted by Gasteiger charge is -2.46. The highest BCUT2D eigenvalue weighted by Crippen LogP contribution is 2.32. The highest BCUT2D eigenvalue weighted by Gasteiger charge is 2.42. The first-order valence-electron chi connectivity index (χ1n) is 22.5. The third-order valence-corrected chi connectivity index (χ3v) is 11.2. The van der Waals surface area contributed by atoms with Crippen LogP contribution >= 0.6 is 0 Å². The Kier molecular flexibility index (Phi) is 37.0. The highest BCUT2D eigenvalue weighted by molar-refractivity contribution is 4.82. The normalized spacial score (nSPS) is 15.7. The maximum absolute atomic E-state index is 6.67. The minimum atomic E-state index is -0.326. The van der Waals surface area contributed by atoms with Gasteiger partial charge in [-0.2, -0.15) is 0 Å². The maximum Gasteiger partial charge on any atom is 0.178 e. The lowest BCUT2D eigenvalue weighted by Crippen LogP contribution is -3.00. The van der Waals surface area contributed by atoms with Gasteiger partial charge in [-0.1, -0.05) is 167 Å². The van der Waals surface area contributed by atoms with Crippen LogP contribution in [-0.4, -0.2) is 50.2 Å². The van der Waals surface area contributed by atoms with Crippen LogP contribution in [0.5, 0.6) is 0 Å². The van der Waals surface area contributed by atoms with Gasteiger partial charge >= 0.3 is 0 Å². The van der Waals surface area contributed by atoms with Crippen molar-refractivity contribution in [3.8, 4) is 0 Å². The van der Waals surface area contributed by atoms with Crippen LogP contribution in [0.4, 0.5) is 0 Å². The van der Waals surface area contributed by atoms with E-state index >= 15 is 0 Å². The number of rotatable bonds is 37. The molecule has 0 amide bonds. The molecule has 3 nitrogen and oxygen atoms in total. The standard InChI is InChI=1S/C46H90NO2.BrH/c1-5-8-11-13-15-17-19-21-23-25-27-29-31-33-35-37-44-48-46(39-42-47(4,43-40-46)41-10-7-3)49-45-38-36-34-32-30-28-26-24-22-20-18-16-14-12-9-6-2;/h21-24H,5-20,25-45H2,1-4H3;1H/q+1;/p-1/b23-21-,24-22-;. The Bertz CT molecular complexity index is 684. The molecule has 1 saturated heterocycles. The fraction of sp³-hybridized carbons (Fsp3) is 0.913. The van der Waals surface area contributed by atoms with Gasteiger partial charge < -0.3 is 30.9 Å². The van der Waals surface area contributed by atoms with Gasteiger partial charge in [0.2, 0.25) is 0 Å². The molecule has 0 N–H and O–H groups in total. The van der Waals surface area contributed by atoms with Gasteiger partial charge in [0.15, 0.2) is 5.79 Å². The Labute approximate surface area is 325 Å². The van der Waals surface area contributed by atoms with Crippen molar-refractivity contribution < 1.29 is 30.9 Å². The van der Waals surface area contributed by atoms with E-state index in [0.717, 1.165) is 26.1 Å². The Balaban J connectivity index is 0.0000240. The van der Waals surface area contributed by atoms with Gasteiger partial charge in [0.05, 0.1) is 52.7 Å². The minimum Gasteiger partial charge on any atom is -1.00 e. The second-order valence-corrected chi connectivity index (χ2v) is 16.1. The molecule has 0 radical (unpaired) electrons. The van der Waals surface area contributed by atoms with E-state index in [1.807, 2.05) is 0 Å². The molecule has 0 spiro atoms. The van der Waals surface area contributed by atoms with Crippen LogP contribution in [0.15, 0.2) is 24.3 Å².